The quantitative estimate of drug-likeness (QED) is 0.668. The second kappa shape index (κ2) is 4.93. The number of phenolic OH excluding ortho intramolecular Hbond substituents is 1. The number of allylic oxidation sites excluding steroid dienone is 1. The number of hydrogen-bond acceptors (Lipinski definition) is 4. The molecule has 0 radical (unpaired) electrons. The SMILES string of the molecule is Cc1ncsc1C=CC(=O)c1ccc(O)cc1. The molecule has 86 valence electrons. The van der Waals surface area contributed by atoms with Crippen LogP contribution in [0.1, 0.15) is 20.9 Å². The molecule has 0 saturated carbocycles. The maximum absolute atomic E-state index is 11.8. The van der Waals surface area contributed by atoms with Gasteiger partial charge in [-0.2, -0.15) is 0 Å². The van der Waals surface area contributed by atoms with Gasteiger partial charge < -0.3 is 5.11 Å². The lowest BCUT2D eigenvalue weighted by Crippen LogP contribution is -1.92. The van der Waals surface area contributed by atoms with Crippen LogP contribution in [0.25, 0.3) is 6.08 Å². The minimum absolute atomic E-state index is 0.0854. The number of hydrogen-bond donors (Lipinski definition) is 1. The topological polar surface area (TPSA) is 50.2 Å². The molecular formula is C13H11NO2S. The van der Waals surface area contributed by atoms with Crippen LogP contribution in [0, 0.1) is 6.92 Å². The molecular weight excluding hydrogens is 234 g/mol. The summed E-state index contributed by atoms with van der Waals surface area (Å²) in [4.78, 5) is 16.9. The number of phenols is 1. The van der Waals surface area contributed by atoms with E-state index in [1.54, 1.807) is 23.7 Å². The summed E-state index contributed by atoms with van der Waals surface area (Å²) >= 11 is 1.50. The number of aromatic hydroxyl groups is 1. The van der Waals surface area contributed by atoms with Gasteiger partial charge in [0.1, 0.15) is 5.75 Å². The van der Waals surface area contributed by atoms with Crippen LogP contribution < -0.4 is 0 Å². The van der Waals surface area contributed by atoms with E-state index in [-0.39, 0.29) is 11.5 Å². The fourth-order valence-electron chi connectivity index (χ4n) is 1.34. The fraction of sp³-hybridized carbons (Fsp3) is 0.0769. The lowest BCUT2D eigenvalue weighted by atomic mass is 10.1. The molecule has 4 heteroatoms. The van der Waals surface area contributed by atoms with Gasteiger partial charge in [0.05, 0.1) is 11.2 Å². The van der Waals surface area contributed by atoms with Crippen molar-refractivity contribution in [3.63, 3.8) is 0 Å². The highest BCUT2D eigenvalue weighted by Gasteiger charge is 2.02. The number of ketones is 1. The zero-order valence-corrected chi connectivity index (χ0v) is 10.1. The molecule has 0 aliphatic carbocycles. The Balaban J connectivity index is 2.14. The second-order valence-corrected chi connectivity index (χ2v) is 4.43. The maximum Gasteiger partial charge on any atom is 0.185 e. The van der Waals surface area contributed by atoms with Crippen LogP contribution in [0.15, 0.2) is 35.9 Å². The number of aromatic nitrogens is 1. The number of carbonyl (C=O) groups excluding carboxylic acids is 1. The molecule has 2 aromatic rings. The molecule has 1 aromatic heterocycles. The largest absolute Gasteiger partial charge is 0.508 e. The normalized spacial score (nSPS) is 10.9. The molecule has 0 spiro atoms. The molecule has 0 unspecified atom stereocenters. The van der Waals surface area contributed by atoms with Crippen molar-refractivity contribution in [3.05, 3.63) is 52.0 Å². The van der Waals surface area contributed by atoms with Crippen LogP contribution in [0.2, 0.25) is 0 Å². The molecule has 0 atom stereocenters. The summed E-state index contributed by atoms with van der Waals surface area (Å²) in [6, 6.07) is 6.20. The Bertz CT molecular complexity index is 555. The van der Waals surface area contributed by atoms with Gasteiger partial charge in [0, 0.05) is 10.4 Å². The summed E-state index contributed by atoms with van der Waals surface area (Å²) in [5.41, 5.74) is 3.23. The summed E-state index contributed by atoms with van der Waals surface area (Å²) in [7, 11) is 0. The standard InChI is InChI=1S/C13H11NO2S/c1-9-13(17-8-14-9)7-6-12(16)10-2-4-11(15)5-3-10/h2-8,15H,1H3. The Hall–Kier alpha value is -1.94. The van der Waals surface area contributed by atoms with Crippen LogP contribution in [0.5, 0.6) is 5.75 Å². The molecule has 3 nitrogen and oxygen atoms in total. The smallest absolute Gasteiger partial charge is 0.185 e. The summed E-state index contributed by atoms with van der Waals surface area (Å²) in [5, 5.41) is 9.12. The van der Waals surface area contributed by atoms with Crippen molar-refractivity contribution in [1.82, 2.24) is 4.98 Å². The van der Waals surface area contributed by atoms with Gasteiger partial charge in [-0.05, 0) is 43.3 Å². The molecule has 2 rings (SSSR count). The van der Waals surface area contributed by atoms with Gasteiger partial charge >= 0.3 is 0 Å². The third-order valence-corrected chi connectivity index (χ3v) is 3.22. The summed E-state index contributed by atoms with van der Waals surface area (Å²) in [6.07, 6.45) is 3.29. The van der Waals surface area contributed by atoms with E-state index in [4.69, 9.17) is 5.11 Å². The number of nitrogens with zero attached hydrogens (tertiary/aromatic N) is 1. The van der Waals surface area contributed by atoms with Crippen LogP contribution in [0.4, 0.5) is 0 Å². The van der Waals surface area contributed by atoms with Gasteiger partial charge in [-0.1, -0.05) is 0 Å². The highest BCUT2D eigenvalue weighted by molar-refractivity contribution is 7.10. The van der Waals surface area contributed by atoms with Crippen LogP contribution in [-0.4, -0.2) is 15.9 Å². The van der Waals surface area contributed by atoms with E-state index in [1.165, 1.54) is 29.5 Å². The van der Waals surface area contributed by atoms with E-state index in [0.29, 0.717) is 5.56 Å². The number of carbonyl (C=O) groups is 1. The predicted molar refractivity (Wildman–Crippen MR) is 68.3 cm³/mol. The lowest BCUT2D eigenvalue weighted by Gasteiger charge is -1.95. The summed E-state index contributed by atoms with van der Waals surface area (Å²) in [5.74, 6) is 0.0710. The van der Waals surface area contributed by atoms with Gasteiger partial charge in [0.25, 0.3) is 0 Å². The third-order valence-electron chi connectivity index (χ3n) is 2.32. The van der Waals surface area contributed by atoms with Crippen molar-refractivity contribution >= 4 is 23.2 Å². The Morgan fingerprint density at radius 2 is 2.06 bits per heavy atom. The van der Waals surface area contributed by atoms with Crippen molar-refractivity contribution in [2.24, 2.45) is 0 Å². The minimum atomic E-state index is -0.0854. The first-order valence-corrected chi connectivity index (χ1v) is 5.96. The molecule has 0 bridgehead atoms. The molecule has 17 heavy (non-hydrogen) atoms. The van der Waals surface area contributed by atoms with Gasteiger partial charge in [0.15, 0.2) is 5.78 Å². The molecule has 0 amide bonds. The van der Waals surface area contributed by atoms with Crippen LogP contribution in [-0.2, 0) is 0 Å². The Morgan fingerprint density at radius 3 is 2.65 bits per heavy atom. The molecule has 0 aliphatic rings. The first-order chi connectivity index (χ1) is 8.16. The number of benzene rings is 1. The molecule has 1 aromatic carbocycles. The van der Waals surface area contributed by atoms with Crippen LogP contribution >= 0.6 is 11.3 Å². The van der Waals surface area contributed by atoms with Crippen molar-refractivity contribution in [1.29, 1.82) is 0 Å². The number of aryl methyl sites for hydroxylation is 1. The van der Waals surface area contributed by atoms with E-state index in [0.717, 1.165) is 10.6 Å². The average molecular weight is 245 g/mol. The second-order valence-electron chi connectivity index (χ2n) is 3.55. The lowest BCUT2D eigenvalue weighted by molar-refractivity contribution is 0.104. The van der Waals surface area contributed by atoms with Crippen molar-refractivity contribution < 1.29 is 9.90 Å². The van der Waals surface area contributed by atoms with Crippen LogP contribution in [0.3, 0.4) is 0 Å². The van der Waals surface area contributed by atoms with E-state index in [1.807, 2.05) is 6.92 Å². The first-order valence-electron chi connectivity index (χ1n) is 5.08. The van der Waals surface area contributed by atoms with Gasteiger partial charge in [-0.3, -0.25) is 4.79 Å². The maximum atomic E-state index is 11.8. The van der Waals surface area contributed by atoms with Crippen molar-refractivity contribution in [2.75, 3.05) is 0 Å². The van der Waals surface area contributed by atoms with E-state index in [9.17, 15) is 4.79 Å². The van der Waals surface area contributed by atoms with E-state index >= 15 is 0 Å². The van der Waals surface area contributed by atoms with E-state index in [2.05, 4.69) is 4.98 Å². The average Bonchev–Trinajstić information content (AvgIpc) is 2.73. The molecule has 1 N–H and O–H groups in total. The summed E-state index contributed by atoms with van der Waals surface area (Å²) in [6.45, 7) is 1.90. The Kier molecular flexibility index (Phi) is 3.35. The van der Waals surface area contributed by atoms with E-state index < -0.39 is 0 Å². The fourth-order valence-corrected chi connectivity index (χ4v) is 2.04. The monoisotopic (exact) mass is 245 g/mol. The molecule has 0 fully saturated rings. The molecule has 0 saturated heterocycles. The first kappa shape index (κ1) is 11.5. The summed E-state index contributed by atoms with van der Waals surface area (Å²) < 4.78 is 0. The highest BCUT2D eigenvalue weighted by atomic mass is 32.1. The zero-order chi connectivity index (χ0) is 12.3. The van der Waals surface area contributed by atoms with Gasteiger partial charge in [0.2, 0.25) is 0 Å². The van der Waals surface area contributed by atoms with Crippen molar-refractivity contribution in [2.45, 2.75) is 6.92 Å². The van der Waals surface area contributed by atoms with Gasteiger partial charge in [-0.15, -0.1) is 11.3 Å². The Labute approximate surface area is 103 Å². The zero-order valence-electron chi connectivity index (χ0n) is 9.25. The Morgan fingerprint density at radius 1 is 1.35 bits per heavy atom. The minimum Gasteiger partial charge on any atom is -0.508 e. The third kappa shape index (κ3) is 2.79. The van der Waals surface area contributed by atoms with Crippen molar-refractivity contribution in [3.8, 4) is 5.75 Å². The highest BCUT2D eigenvalue weighted by Crippen LogP contribution is 2.15. The van der Waals surface area contributed by atoms with Gasteiger partial charge in [-0.25, -0.2) is 4.98 Å². The number of rotatable bonds is 3. The number of thiazole rings is 1. The molecule has 0 aliphatic heterocycles. The molecule has 1 heterocycles. The predicted octanol–water partition coefficient (Wildman–Crippen LogP) is 3.05.